The quantitative estimate of drug-likeness (QED) is 0.494. The van der Waals surface area contributed by atoms with Gasteiger partial charge in [0.2, 0.25) is 0 Å². The minimum absolute atomic E-state index is 0.754. The average Bonchev–Trinajstić information content (AvgIpc) is 2.58. The van der Waals surface area contributed by atoms with Crippen molar-refractivity contribution >= 4 is 43.2 Å². The number of nitriles is 1. The van der Waals surface area contributed by atoms with E-state index in [0.29, 0.717) is 0 Å². The van der Waals surface area contributed by atoms with Gasteiger partial charge in [0.25, 0.3) is 0 Å². The van der Waals surface area contributed by atoms with Crippen molar-refractivity contribution in [2.75, 3.05) is 0 Å². The van der Waals surface area contributed by atoms with Crippen LogP contribution < -0.4 is 0 Å². The number of rotatable bonds is 2. The van der Waals surface area contributed by atoms with Gasteiger partial charge in [0.05, 0.1) is 9.21 Å². The first-order valence-electron chi connectivity index (χ1n) is 4.93. The molecule has 1 heterocycles. The van der Waals surface area contributed by atoms with E-state index in [2.05, 4.69) is 40.1 Å². The van der Waals surface area contributed by atoms with Crippen LogP contribution in [0.3, 0.4) is 0 Å². The van der Waals surface area contributed by atoms with E-state index in [1.165, 1.54) is 9.21 Å². The second-order valence-electron chi connectivity index (χ2n) is 3.90. The van der Waals surface area contributed by atoms with Gasteiger partial charge in [0.15, 0.2) is 5.60 Å². The molecule has 0 amide bonds. The van der Waals surface area contributed by atoms with E-state index in [9.17, 15) is 5.26 Å². The SMILES string of the molecule is Cc1cc2c(n1S)CCCC2(C#N)OSI. The van der Waals surface area contributed by atoms with Gasteiger partial charge in [0, 0.05) is 38.2 Å². The number of thiol groups is 1. The molecular formula is C10H11IN2OS2. The highest BCUT2D eigenvalue weighted by molar-refractivity contribution is 14.2. The van der Waals surface area contributed by atoms with Crippen LogP contribution >= 0.6 is 43.2 Å². The molecule has 1 aromatic rings. The predicted octanol–water partition coefficient (Wildman–Crippen LogP) is 3.56. The van der Waals surface area contributed by atoms with Crippen LogP contribution in [0.25, 0.3) is 0 Å². The van der Waals surface area contributed by atoms with Gasteiger partial charge in [-0.05, 0) is 32.3 Å². The van der Waals surface area contributed by atoms with Gasteiger partial charge in [-0.25, -0.2) is 0 Å². The molecule has 0 aromatic carbocycles. The van der Waals surface area contributed by atoms with Crippen LogP contribution in [0, 0.1) is 18.3 Å². The molecule has 6 heteroatoms. The van der Waals surface area contributed by atoms with Gasteiger partial charge < -0.3 is 0 Å². The Morgan fingerprint density at radius 3 is 3.12 bits per heavy atom. The second-order valence-corrected chi connectivity index (χ2v) is 5.67. The molecule has 0 N–H and O–H groups in total. The van der Waals surface area contributed by atoms with E-state index in [4.69, 9.17) is 4.18 Å². The van der Waals surface area contributed by atoms with Crippen molar-refractivity contribution in [2.24, 2.45) is 0 Å². The van der Waals surface area contributed by atoms with Crippen molar-refractivity contribution in [1.82, 2.24) is 3.97 Å². The number of halogens is 1. The van der Waals surface area contributed by atoms with Crippen molar-refractivity contribution in [3.8, 4) is 6.07 Å². The molecule has 0 aliphatic heterocycles. The Labute approximate surface area is 117 Å². The number of aromatic nitrogens is 1. The maximum atomic E-state index is 9.39. The summed E-state index contributed by atoms with van der Waals surface area (Å²) in [6.45, 7) is 1.99. The first kappa shape index (κ1) is 12.6. The lowest BCUT2D eigenvalue weighted by Gasteiger charge is -2.29. The van der Waals surface area contributed by atoms with Gasteiger partial charge in [-0.2, -0.15) is 5.26 Å². The minimum Gasteiger partial charge on any atom is -0.295 e. The fourth-order valence-electron chi connectivity index (χ4n) is 2.19. The van der Waals surface area contributed by atoms with Crippen molar-refractivity contribution in [1.29, 1.82) is 5.26 Å². The zero-order valence-corrected chi connectivity index (χ0v) is 12.6. The van der Waals surface area contributed by atoms with Crippen LogP contribution in [0.5, 0.6) is 0 Å². The molecule has 0 radical (unpaired) electrons. The molecule has 0 saturated carbocycles. The van der Waals surface area contributed by atoms with Crippen LogP contribution in [0.2, 0.25) is 0 Å². The van der Waals surface area contributed by atoms with Crippen LogP contribution in [-0.4, -0.2) is 3.97 Å². The highest BCUT2D eigenvalue weighted by Gasteiger charge is 2.40. The molecule has 2 rings (SSSR count). The molecule has 3 nitrogen and oxygen atoms in total. The topological polar surface area (TPSA) is 38.0 Å². The lowest BCUT2D eigenvalue weighted by Crippen LogP contribution is -2.29. The molecule has 1 atom stereocenters. The number of nitrogens with zero attached hydrogens (tertiary/aromatic N) is 2. The molecule has 1 aliphatic rings. The van der Waals surface area contributed by atoms with E-state index in [-0.39, 0.29) is 0 Å². The van der Waals surface area contributed by atoms with Crippen molar-refractivity contribution in [3.05, 3.63) is 23.0 Å². The first-order valence-corrected chi connectivity index (χ1v) is 8.61. The van der Waals surface area contributed by atoms with E-state index >= 15 is 0 Å². The summed E-state index contributed by atoms with van der Waals surface area (Å²) in [6.07, 6.45) is 2.68. The molecule has 1 aromatic heterocycles. The van der Waals surface area contributed by atoms with Crippen LogP contribution in [0.1, 0.15) is 29.8 Å². The molecule has 0 bridgehead atoms. The van der Waals surface area contributed by atoms with Gasteiger partial charge in [-0.1, -0.05) is 12.8 Å². The molecule has 0 spiro atoms. The van der Waals surface area contributed by atoms with Crippen molar-refractivity contribution in [3.63, 3.8) is 0 Å². The number of hydrogen-bond donors (Lipinski definition) is 1. The Kier molecular flexibility index (Phi) is 3.79. The molecule has 0 saturated heterocycles. The zero-order valence-electron chi connectivity index (χ0n) is 8.73. The summed E-state index contributed by atoms with van der Waals surface area (Å²) in [6, 6.07) is 4.33. The molecule has 86 valence electrons. The molecule has 0 fully saturated rings. The number of fused-ring (bicyclic) bond motifs is 1. The molecule has 1 unspecified atom stereocenters. The van der Waals surface area contributed by atoms with Gasteiger partial charge >= 0.3 is 0 Å². The highest BCUT2D eigenvalue weighted by Crippen LogP contribution is 2.43. The zero-order chi connectivity index (χ0) is 11.8. The molecule has 1 aliphatic carbocycles. The van der Waals surface area contributed by atoms with E-state index in [0.717, 1.165) is 36.2 Å². The predicted molar refractivity (Wildman–Crippen MR) is 76.5 cm³/mol. The summed E-state index contributed by atoms with van der Waals surface area (Å²) < 4.78 is 7.47. The summed E-state index contributed by atoms with van der Waals surface area (Å²) in [5.74, 6) is 0. The largest absolute Gasteiger partial charge is 0.295 e. The lowest BCUT2D eigenvalue weighted by molar-refractivity contribution is 0.140. The Balaban J connectivity index is 2.55. The first-order chi connectivity index (χ1) is 7.64. The summed E-state index contributed by atoms with van der Waals surface area (Å²) in [4.78, 5) is 0. The monoisotopic (exact) mass is 366 g/mol. The lowest BCUT2D eigenvalue weighted by atomic mass is 9.84. The minimum atomic E-state index is -0.793. The standard InChI is InChI=1S/C10H11IN2OS2/c1-7-5-8-9(13(7)15)3-2-4-10(8,6-12)14-16-11/h5,15H,2-4H2,1H3. The fourth-order valence-corrected chi connectivity index (χ4v) is 3.69. The maximum Gasteiger partial charge on any atom is 0.196 e. The summed E-state index contributed by atoms with van der Waals surface area (Å²) in [5, 5.41) is 9.39. The van der Waals surface area contributed by atoms with Crippen LogP contribution in [0.4, 0.5) is 0 Å². The molecule has 16 heavy (non-hydrogen) atoms. The van der Waals surface area contributed by atoms with Crippen molar-refractivity contribution < 1.29 is 4.18 Å². The van der Waals surface area contributed by atoms with Gasteiger partial charge in [-0.15, -0.1) is 0 Å². The van der Waals surface area contributed by atoms with Crippen LogP contribution in [0.15, 0.2) is 6.07 Å². The third-order valence-corrected chi connectivity index (χ3v) is 4.43. The third kappa shape index (κ3) is 1.88. The smallest absolute Gasteiger partial charge is 0.196 e. The van der Waals surface area contributed by atoms with Crippen molar-refractivity contribution in [2.45, 2.75) is 31.8 Å². The Hall–Kier alpha value is 0.160. The third-order valence-electron chi connectivity index (χ3n) is 2.99. The van der Waals surface area contributed by atoms with Gasteiger partial charge in [-0.3, -0.25) is 8.16 Å². The summed E-state index contributed by atoms with van der Waals surface area (Å²) in [7, 11) is 1.22. The Morgan fingerprint density at radius 1 is 1.75 bits per heavy atom. The summed E-state index contributed by atoms with van der Waals surface area (Å²) in [5.41, 5.74) is 2.35. The summed E-state index contributed by atoms with van der Waals surface area (Å²) >= 11 is 6.48. The highest BCUT2D eigenvalue weighted by atomic mass is 127. The number of aryl methyl sites for hydroxylation is 1. The Morgan fingerprint density at radius 2 is 2.50 bits per heavy atom. The van der Waals surface area contributed by atoms with E-state index < -0.39 is 5.60 Å². The second kappa shape index (κ2) is 4.80. The van der Waals surface area contributed by atoms with Crippen LogP contribution in [-0.2, 0) is 16.2 Å². The number of hydrogen-bond acceptors (Lipinski definition) is 4. The maximum absolute atomic E-state index is 9.39. The Bertz CT molecular complexity index is 454. The van der Waals surface area contributed by atoms with E-state index in [1.54, 1.807) is 0 Å². The fraction of sp³-hybridized carbons (Fsp3) is 0.500. The van der Waals surface area contributed by atoms with E-state index in [1.807, 2.05) is 17.0 Å². The molecular weight excluding hydrogens is 355 g/mol. The van der Waals surface area contributed by atoms with Gasteiger partial charge in [0.1, 0.15) is 6.07 Å². The normalized spacial score (nSPS) is 23.9. The average molecular weight is 366 g/mol.